The number of aromatic hydroxyl groups is 1. The minimum Gasteiger partial charge on any atom is -0.505 e. The van der Waals surface area contributed by atoms with E-state index in [1.165, 1.54) is 21.4 Å². The average molecular weight is 394 g/mol. The molecule has 1 aromatic heterocycles. The molecule has 3 aromatic rings. The van der Waals surface area contributed by atoms with Crippen molar-refractivity contribution in [2.45, 2.75) is 40.2 Å². The van der Waals surface area contributed by atoms with Crippen molar-refractivity contribution in [3.8, 4) is 5.75 Å². The number of hydrogen-bond donors (Lipinski definition) is 3. The highest BCUT2D eigenvalue weighted by molar-refractivity contribution is 5.55. The summed E-state index contributed by atoms with van der Waals surface area (Å²) in [5, 5.41) is 30.6. The van der Waals surface area contributed by atoms with Gasteiger partial charge in [-0.1, -0.05) is 35.9 Å². The first-order valence-electron chi connectivity index (χ1n) is 9.59. The van der Waals surface area contributed by atoms with Gasteiger partial charge in [0.15, 0.2) is 5.69 Å². The molecule has 0 saturated carbocycles. The van der Waals surface area contributed by atoms with E-state index in [1.54, 1.807) is 13.0 Å². The molecule has 0 amide bonds. The number of benzene rings is 2. The second-order valence-electron chi connectivity index (χ2n) is 7.18. The number of aliphatic hydroxyl groups excluding tert-OH is 1. The smallest absolute Gasteiger partial charge is 0.294 e. The fraction of sp³-hybridized carbons (Fsp3) is 0.318. The lowest BCUT2D eigenvalue weighted by Crippen LogP contribution is -2.18. The highest BCUT2D eigenvalue weighted by atomic mass is 16.3. The molecule has 0 bridgehead atoms. The molecule has 2 aromatic carbocycles. The van der Waals surface area contributed by atoms with Crippen LogP contribution in [0.4, 0.5) is 11.4 Å². The van der Waals surface area contributed by atoms with Crippen molar-refractivity contribution in [3.05, 3.63) is 74.7 Å². The zero-order valence-corrected chi connectivity index (χ0v) is 16.9. The summed E-state index contributed by atoms with van der Waals surface area (Å²) >= 11 is 0. The molecule has 152 valence electrons. The van der Waals surface area contributed by atoms with Crippen molar-refractivity contribution in [3.63, 3.8) is 0 Å². The number of azo groups is 1. The molecule has 0 fully saturated rings. The van der Waals surface area contributed by atoms with Crippen LogP contribution in [0.2, 0.25) is 0 Å². The number of aromatic amines is 1. The number of hydrogen-bond acceptors (Lipinski definition) is 5. The van der Waals surface area contributed by atoms with Gasteiger partial charge in [-0.3, -0.25) is 9.89 Å². The van der Waals surface area contributed by atoms with Gasteiger partial charge in [0, 0.05) is 0 Å². The van der Waals surface area contributed by atoms with Crippen LogP contribution >= 0.6 is 0 Å². The zero-order chi connectivity index (χ0) is 21.0. The lowest BCUT2D eigenvalue weighted by molar-refractivity contribution is 0.267. The van der Waals surface area contributed by atoms with E-state index >= 15 is 0 Å². The molecule has 7 nitrogen and oxygen atoms in total. The molecule has 0 radical (unpaired) electrons. The number of phenols is 1. The minimum atomic E-state index is -0.356. The van der Waals surface area contributed by atoms with Gasteiger partial charge in [-0.25, -0.2) is 4.68 Å². The standard InChI is InChI=1S/C22H26N4O3/c1-14-7-8-15(2)18(13-14)10-9-17-5-4-6-19(21(17)28)23-24-20-16(3)25-26(11-12-27)22(20)29/h4-8,13,25,27-28H,9-12H2,1-3H3. The molecule has 0 spiro atoms. The van der Waals surface area contributed by atoms with Gasteiger partial charge in [0.2, 0.25) is 0 Å². The average Bonchev–Trinajstić information content (AvgIpc) is 2.96. The van der Waals surface area contributed by atoms with Gasteiger partial charge in [-0.15, -0.1) is 10.2 Å². The number of H-pyrrole nitrogens is 1. The van der Waals surface area contributed by atoms with Crippen molar-refractivity contribution in [2.75, 3.05) is 6.61 Å². The van der Waals surface area contributed by atoms with Crippen molar-refractivity contribution >= 4 is 11.4 Å². The normalized spacial score (nSPS) is 11.4. The van der Waals surface area contributed by atoms with Crippen LogP contribution in [0.15, 0.2) is 51.4 Å². The fourth-order valence-corrected chi connectivity index (χ4v) is 3.27. The maximum atomic E-state index is 12.3. The first-order chi connectivity index (χ1) is 13.9. The molecule has 0 aliphatic heterocycles. The fourth-order valence-electron chi connectivity index (χ4n) is 3.27. The van der Waals surface area contributed by atoms with Gasteiger partial charge < -0.3 is 10.2 Å². The molecule has 0 saturated heterocycles. The number of phenolic OH excluding ortho intramolecular Hbond substituents is 1. The first-order valence-corrected chi connectivity index (χ1v) is 9.59. The zero-order valence-electron chi connectivity index (χ0n) is 16.9. The van der Waals surface area contributed by atoms with Gasteiger partial charge in [-0.05, 0) is 56.4 Å². The summed E-state index contributed by atoms with van der Waals surface area (Å²) in [4.78, 5) is 12.3. The number of aryl methyl sites for hydroxylation is 5. The van der Waals surface area contributed by atoms with Crippen LogP contribution in [0.3, 0.4) is 0 Å². The Hall–Kier alpha value is -3.19. The number of para-hydroxylation sites is 1. The van der Waals surface area contributed by atoms with Crippen LogP contribution in [0.1, 0.15) is 27.9 Å². The summed E-state index contributed by atoms with van der Waals surface area (Å²) in [6, 6.07) is 11.7. The Morgan fingerprint density at radius 2 is 1.79 bits per heavy atom. The van der Waals surface area contributed by atoms with Crippen molar-refractivity contribution in [1.82, 2.24) is 9.78 Å². The van der Waals surface area contributed by atoms with Crippen LogP contribution in [-0.2, 0) is 19.4 Å². The van der Waals surface area contributed by atoms with Crippen LogP contribution in [0, 0.1) is 20.8 Å². The maximum Gasteiger partial charge on any atom is 0.294 e. The second kappa shape index (κ2) is 8.87. The van der Waals surface area contributed by atoms with E-state index in [9.17, 15) is 9.90 Å². The Kier molecular flexibility index (Phi) is 6.29. The largest absolute Gasteiger partial charge is 0.505 e. The summed E-state index contributed by atoms with van der Waals surface area (Å²) in [5.41, 5.74) is 5.16. The predicted molar refractivity (Wildman–Crippen MR) is 112 cm³/mol. The van der Waals surface area contributed by atoms with Crippen molar-refractivity contribution in [1.29, 1.82) is 0 Å². The molecule has 3 N–H and O–H groups in total. The van der Waals surface area contributed by atoms with Crippen LogP contribution in [0.25, 0.3) is 0 Å². The SMILES string of the molecule is Cc1ccc(C)c(CCc2cccc(N=Nc3c(C)[nH]n(CCO)c3=O)c2O)c1. The van der Waals surface area contributed by atoms with E-state index in [-0.39, 0.29) is 30.1 Å². The quantitative estimate of drug-likeness (QED) is 0.528. The molecule has 7 heteroatoms. The van der Waals surface area contributed by atoms with E-state index in [2.05, 4.69) is 47.4 Å². The minimum absolute atomic E-state index is 0.0745. The van der Waals surface area contributed by atoms with Crippen LogP contribution in [-0.4, -0.2) is 26.6 Å². The maximum absolute atomic E-state index is 12.3. The predicted octanol–water partition coefficient (Wildman–Crippen LogP) is 4.00. The summed E-state index contributed by atoms with van der Waals surface area (Å²) in [6.07, 6.45) is 1.48. The molecule has 3 rings (SSSR count). The molecule has 0 aliphatic carbocycles. The number of aromatic nitrogens is 2. The van der Waals surface area contributed by atoms with E-state index in [0.717, 1.165) is 12.0 Å². The van der Waals surface area contributed by atoms with E-state index in [4.69, 9.17) is 5.11 Å². The van der Waals surface area contributed by atoms with Crippen LogP contribution < -0.4 is 5.56 Å². The summed E-state index contributed by atoms with van der Waals surface area (Å²) < 4.78 is 1.28. The number of rotatable bonds is 7. The van der Waals surface area contributed by atoms with Crippen LogP contribution in [0.5, 0.6) is 5.75 Å². The number of nitrogens with zero attached hydrogens (tertiary/aromatic N) is 3. The Bertz CT molecular complexity index is 1100. The highest BCUT2D eigenvalue weighted by Gasteiger charge is 2.12. The third kappa shape index (κ3) is 4.63. The molecule has 0 atom stereocenters. The third-order valence-corrected chi connectivity index (χ3v) is 4.95. The monoisotopic (exact) mass is 394 g/mol. The van der Waals surface area contributed by atoms with E-state index < -0.39 is 0 Å². The summed E-state index contributed by atoms with van der Waals surface area (Å²) in [7, 11) is 0. The summed E-state index contributed by atoms with van der Waals surface area (Å²) in [5.74, 6) is 0.0745. The Labute approximate surface area is 169 Å². The topological polar surface area (TPSA) is 103 Å². The van der Waals surface area contributed by atoms with Gasteiger partial charge in [0.05, 0.1) is 18.8 Å². The number of aliphatic hydroxyl groups is 1. The highest BCUT2D eigenvalue weighted by Crippen LogP contribution is 2.32. The lowest BCUT2D eigenvalue weighted by atomic mass is 9.98. The molecule has 1 heterocycles. The Balaban J connectivity index is 1.81. The van der Waals surface area contributed by atoms with Gasteiger partial charge in [0.25, 0.3) is 5.56 Å². The van der Waals surface area contributed by atoms with Gasteiger partial charge in [0.1, 0.15) is 11.4 Å². The summed E-state index contributed by atoms with van der Waals surface area (Å²) in [6.45, 7) is 5.87. The van der Waals surface area contributed by atoms with Gasteiger partial charge in [-0.2, -0.15) is 0 Å². The Morgan fingerprint density at radius 1 is 1.03 bits per heavy atom. The van der Waals surface area contributed by atoms with Crippen molar-refractivity contribution < 1.29 is 10.2 Å². The van der Waals surface area contributed by atoms with Gasteiger partial charge >= 0.3 is 0 Å². The second-order valence-corrected chi connectivity index (χ2v) is 7.18. The molecule has 0 aliphatic rings. The lowest BCUT2D eigenvalue weighted by Gasteiger charge is -2.09. The Morgan fingerprint density at radius 3 is 2.55 bits per heavy atom. The third-order valence-electron chi connectivity index (χ3n) is 4.95. The number of nitrogens with one attached hydrogen (secondary N) is 1. The van der Waals surface area contributed by atoms with Crippen molar-refractivity contribution in [2.24, 2.45) is 10.2 Å². The molecule has 0 unspecified atom stereocenters. The first kappa shape index (κ1) is 20.5. The molecular formula is C22H26N4O3. The van der Waals surface area contributed by atoms with E-state index in [0.29, 0.717) is 17.8 Å². The van der Waals surface area contributed by atoms with E-state index in [1.807, 2.05) is 12.1 Å². The molecule has 29 heavy (non-hydrogen) atoms. The molecular weight excluding hydrogens is 368 g/mol.